The molecule has 3 heterocycles. The van der Waals surface area contributed by atoms with Crippen LogP contribution in [0.5, 0.6) is 0 Å². The molecule has 10 nitrogen and oxygen atoms in total. The standard InChI is InChI=1S/C14H21N7O3/c15-3-1-2-4-17-5-8-10(22)11(23)14(24-8)21-7-20-9-12(16)18-6-19-13(9)21/h1-2,6-8,10-11,14,17,22-23H,3-5,15H2,(H2,16,18,19)/b2-1-/t8-,10?,11+,14-/m1/s1. The van der Waals surface area contributed by atoms with Crippen molar-refractivity contribution in [3.8, 4) is 0 Å². The predicted molar refractivity (Wildman–Crippen MR) is 86.7 cm³/mol. The first-order valence-corrected chi connectivity index (χ1v) is 7.64. The van der Waals surface area contributed by atoms with E-state index in [2.05, 4.69) is 20.3 Å². The topological polar surface area (TPSA) is 157 Å². The summed E-state index contributed by atoms with van der Waals surface area (Å²) in [6.07, 6.45) is 3.00. The van der Waals surface area contributed by atoms with Crippen molar-refractivity contribution in [1.29, 1.82) is 0 Å². The number of hydrogen-bond acceptors (Lipinski definition) is 9. The number of rotatable bonds is 6. The lowest BCUT2D eigenvalue weighted by atomic mass is 10.1. The molecule has 10 heteroatoms. The molecule has 24 heavy (non-hydrogen) atoms. The van der Waals surface area contributed by atoms with Crippen LogP contribution in [-0.4, -0.2) is 67.7 Å². The fraction of sp³-hybridized carbons (Fsp3) is 0.500. The van der Waals surface area contributed by atoms with E-state index < -0.39 is 24.5 Å². The van der Waals surface area contributed by atoms with Gasteiger partial charge in [-0.3, -0.25) is 4.57 Å². The zero-order chi connectivity index (χ0) is 17.1. The van der Waals surface area contributed by atoms with Crippen LogP contribution in [0.3, 0.4) is 0 Å². The van der Waals surface area contributed by atoms with Gasteiger partial charge < -0.3 is 31.7 Å². The third-order valence-electron chi connectivity index (χ3n) is 3.91. The molecule has 0 amide bonds. The van der Waals surface area contributed by atoms with Gasteiger partial charge in [-0.15, -0.1) is 0 Å². The third-order valence-corrected chi connectivity index (χ3v) is 3.91. The average molecular weight is 335 g/mol. The van der Waals surface area contributed by atoms with Gasteiger partial charge in [-0.05, 0) is 0 Å². The number of ether oxygens (including phenoxy) is 1. The number of nitrogens with one attached hydrogen (secondary N) is 1. The third kappa shape index (κ3) is 3.09. The largest absolute Gasteiger partial charge is 0.387 e. The van der Waals surface area contributed by atoms with E-state index >= 15 is 0 Å². The van der Waals surface area contributed by atoms with Crippen LogP contribution in [0.1, 0.15) is 6.23 Å². The highest BCUT2D eigenvalue weighted by Gasteiger charge is 2.44. The van der Waals surface area contributed by atoms with Crippen molar-refractivity contribution in [1.82, 2.24) is 24.8 Å². The Morgan fingerprint density at radius 1 is 1.25 bits per heavy atom. The van der Waals surface area contributed by atoms with Gasteiger partial charge in [0.25, 0.3) is 0 Å². The van der Waals surface area contributed by atoms with E-state index in [9.17, 15) is 10.2 Å². The molecule has 1 unspecified atom stereocenters. The molecule has 0 aliphatic carbocycles. The first-order chi connectivity index (χ1) is 11.6. The summed E-state index contributed by atoms with van der Waals surface area (Å²) in [4.78, 5) is 12.1. The van der Waals surface area contributed by atoms with Crippen LogP contribution in [0.4, 0.5) is 5.82 Å². The van der Waals surface area contributed by atoms with Crippen LogP contribution < -0.4 is 16.8 Å². The van der Waals surface area contributed by atoms with E-state index in [4.69, 9.17) is 16.2 Å². The Labute approximate surface area is 138 Å². The molecule has 1 aliphatic rings. The molecular formula is C14H21N7O3. The van der Waals surface area contributed by atoms with E-state index in [1.807, 2.05) is 12.2 Å². The molecule has 1 saturated heterocycles. The van der Waals surface area contributed by atoms with Crippen LogP contribution >= 0.6 is 0 Å². The highest BCUT2D eigenvalue weighted by atomic mass is 16.6. The Morgan fingerprint density at radius 3 is 2.88 bits per heavy atom. The minimum absolute atomic E-state index is 0.247. The van der Waals surface area contributed by atoms with E-state index in [1.54, 1.807) is 4.57 Å². The fourth-order valence-corrected chi connectivity index (χ4v) is 2.67. The molecule has 0 bridgehead atoms. The molecule has 2 aromatic rings. The SMILES string of the molecule is NC/C=C\CNC[C@H]1O[C@@H](n2cnc3c(N)ncnc32)[C@@H](O)C1O. The zero-order valence-corrected chi connectivity index (χ0v) is 13.0. The Kier molecular flexibility index (Phi) is 5.02. The van der Waals surface area contributed by atoms with Gasteiger partial charge in [-0.2, -0.15) is 0 Å². The van der Waals surface area contributed by atoms with Crippen molar-refractivity contribution in [2.24, 2.45) is 5.73 Å². The molecule has 130 valence electrons. The second-order valence-electron chi connectivity index (χ2n) is 5.49. The predicted octanol–water partition coefficient (Wildman–Crippen LogP) is -1.87. The molecule has 0 spiro atoms. The number of aliphatic hydroxyl groups is 2. The summed E-state index contributed by atoms with van der Waals surface area (Å²) in [6.45, 7) is 1.46. The van der Waals surface area contributed by atoms with Gasteiger partial charge in [0.2, 0.25) is 0 Å². The van der Waals surface area contributed by atoms with Gasteiger partial charge in [0.15, 0.2) is 17.7 Å². The molecule has 0 aromatic carbocycles. The number of imidazole rings is 1. The van der Waals surface area contributed by atoms with Crippen molar-refractivity contribution in [3.63, 3.8) is 0 Å². The van der Waals surface area contributed by atoms with E-state index in [-0.39, 0.29) is 5.82 Å². The first kappa shape index (κ1) is 16.7. The Hall–Kier alpha value is -2.11. The Bertz CT molecular complexity index is 719. The lowest BCUT2D eigenvalue weighted by Gasteiger charge is -2.16. The minimum Gasteiger partial charge on any atom is -0.387 e. The number of nitrogens with zero attached hydrogens (tertiary/aromatic N) is 4. The minimum atomic E-state index is -1.11. The van der Waals surface area contributed by atoms with E-state index in [1.165, 1.54) is 12.7 Å². The molecule has 0 radical (unpaired) electrons. The Morgan fingerprint density at radius 2 is 2.08 bits per heavy atom. The number of hydrogen-bond donors (Lipinski definition) is 5. The van der Waals surface area contributed by atoms with Crippen LogP contribution in [0.2, 0.25) is 0 Å². The molecule has 7 N–H and O–H groups in total. The summed E-state index contributed by atoms with van der Waals surface area (Å²) in [6, 6.07) is 0. The van der Waals surface area contributed by atoms with Crippen LogP contribution in [0, 0.1) is 0 Å². The van der Waals surface area contributed by atoms with Gasteiger partial charge in [0, 0.05) is 19.6 Å². The van der Waals surface area contributed by atoms with Crippen molar-refractivity contribution in [2.75, 3.05) is 25.4 Å². The summed E-state index contributed by atoms with van der Waals surface area (Å²) >= 11 is 0. The van der Waals surface area contributed by atoms with Crippen molar-refractivity contribution >= 4 is 17.0 Å². The molecule has 3 rings (SSSR count). The number of aromatic nitrogens is 4. The number of nitrogen functional groups attached to an aromatic ring is 1. The van der Waals surface area contributed by atoms with Crippen molar-refractivity contribution < 1.29 is 14.9 Å². The summed E-state index contributed by atoms with van der Waals surface area (Å²) in [5, 5.41) is 23.6. The molecule has 2 aromatic heterocycles. The highest BCUT2D eigenvalue weighted by Crippen LogP contribution is 2.31. The molecule has 1 fully saturated rings. The van der Waals surface area contributed by atoms with Gasteiger partial charge >= 0.3 is 0 Å². The number of anilines is 1. The van der Waals surface area contributed by atoms with Gasteiger partial charge in [-0.25, -0.2) is 15.0 Å². The maximum Gasteiger partial charge on any atom is 0.167 e. The van der Waals surface area contributed by atoms with Crippen LogP contribution in [-0.2, 0) is 4.74 Å². The second kappa shape index (κ2) is 7.20. The maximum absolute atomic E-state index is 10.3. The summed E-state index contributed by atoms with van der Waals surface area (Å²) < 4.78 is 7.35. The highest BCUT2D eigenvalue weighted by molar-refractivity contribution is 5.81. The summed E-state index contributed by atoms with van der Waals surface area (Å²) in [5.74, 6) is 0.247. The van der Waals surface area contributed by atoms with Gasteiger partial charge in [-0.1, -0.05) is 12.2 Å². The average Bonchev–Trinajstić information content (AvgIpc) is 3.12. The quantitative estimate of drug-likeness (QED) is 0.301. The van der Waals surface area contributed by atoms with Crippen molar-refractivity contribution in [3.05, 3.63) is 24.8 Å². The number of nitrogens with two attached hydrogens (primary N) is 2. The van der Waals surface area contributed by atoms with Crippen molar-refractivity contribution in [2.45, 2.75) is 24.5 Å². The molecule has 4 atom stereocenters. The van der Waals surface area contributed by atoms with Crippen LogP contribution in [0.25, 0.3) is 11.2 Å². The van der Waals surface area contributed by atoms with Gasteiger partial charge in [0.1, 0.15) is 30.2 Å². The molecular weight excluding hydrogens is 314 g/mol. The lowest BCUT2D eigenvalue weighted by Crippen LogP contribution is -2.37. The second-order valence-corrected chi connectivity index (χ2v) is 5.49. The number of aliphatic hydroxyl groups excluding tert-OH is 2. The van der Waals surface area contributed by atoms with E-state index in [0.717, 1.165) is 0 Å². The normalized spacial score (nSPS) is 27.5. The summed E-state index contributed by atoms with van der Waals surface area (Å²) in [7, 11) is 0. The monoisotopic (exact) mass is 335 g/mol. The van der Waals surface area contributed by atoms with E-state index in [0.29, 0.717) is 30.8 Å². The maximum atomic E-state index is 10.3. The number of fused-ring (bicyclic) bond motifs is 1. The smallest absolute Gasteiger partial charge is 0.167 e. The van der Waals surface area contributed by atoms with Crippen LogP contribution in [0.15, 0.2) is 24.8 Å². The lowest BCUT2D eigenvalue weighted by molar-refractivity contribution is -0.0339. The zero-order valence-electron chi connectivity index (χ0n) is 13.0. The first-order valence-electron chi connectivity index (χ1n) is 7.64. The molecule has 1 aliphatic heterocycles. The molecule has 0 saturated carbocycles. The van der Waals surface area contributed by atoms with Gasteiger partial charge in [0.05, 0.1) is 6.33 Å². The fourth-order valence-electron chi connectivity index (χ4n) is 2.67. The Balaban J connectivity index is 1.72. The summed E-state index contributed by atoms with van der Waals surface area (Å²) in [5.41, 5.74) is 12.0.